The lowest BCUT2D eigenvalue weighted by Gasteiger charge is -2.06. The predicted octanol–water partition coefficient (Wildman–Crippen LogP) is 3.48. The maximum atomic E-state index is 12.1. The molecule has 2 aromatic rings. The number of nitrogens with one attached hydrogen (secondary N) is 1. The number of aromatic nitrogens is 1. The third kappa shape index (κ3) is 2.61. The van der Waals surface area contributed by atoms with Crippen molar-refractivity contribution in [3.63, 3.8) is 0 Å². The zero-order valence-electron chi connectivity index (χ0n) is 10.2. The molecule has 1 N–H and O–H groups in total. The van der Waals surface area contributed by atoms with Crippen molar-refractivity contribution in [1.82, 2.24) is 4.98 Å². The third-order valence-electron chi connectivity index (χ3n) is 3.37. The largest absolute Gasteiger partial charge is 0.323 e. The molecule has 0 radical (unpaired) electrons. The van der Waals surface area contributed by atoms with Gasteiger partial charge in [-0.2, -0.15) is 0 Å². The highest BCUT2D eigenvalue weighted by Gasteiger charge is 2.43. The first kappa shape index (κ1) is 12.2. The number of pyridine rings is 1. The van der Waals surface area contributed by atoms with Gasteiger partial charge in [-0.05, 0) is 30.0 Å². The van der Waals surface area contributed by atoms with Crippen LogP contribution in [0.1, 0.15) is 17.9 Å². The van der Waals surface area contributed by atoms with E-state index in [4.69, 9.17) is 11.6 Å². The van der Waals surface area contributed by atoms with Crippen LogP contribution in [-0.2, 0) is 4.79 Å². The molecular formula is C15H13ClN2O. The van der Waals surface area contributed by atoms with Gasteiger partial charge in [-0.15, -0.1) is 0 Å². The number of anilines is 1. The molecule has 0 aliphatic heterocycles. The molecular weight excluding hydrogens is 260 g/mol. The molecule has 0 saturated heterocycles. The number of amides is 1. The van der Waals surface area contributed by atoms with Gasteiger partial charge in [-0.1, -0.05) is 41.9 Å². The van der Waals surface area contributed by atoms with Gasteiger partial charge in [0.1, 0.15) is 0 Å². The van der Waals surface area contributed by atoms with Crippen LogP contribution in [0.4, 0.5) is 5.69 Å². The maximum absolute atomic E-state index is 12.1. The van der Waals surface area contributed by atoms with Gasteiger partial charge >= 0.3 is 0 Å². The standard InChI is InChI=1S/C15H13ClN2O/c16-14-13(7-4-8-17-14)18-15(19)12-9-11(12)10-5-2-1-3-6-10/h1-8,11-12H,9H2,(H,18,19). The van der Waals surface area contributed by atoms with Crippen molar-refractivity contribution in [3.05, 3.63) is 59.4 Å². The summed E-state index contributed by atoms with van der Waals surface area (Å²) >= 11 is 5.92. The number of carbonyl (C=O) groups is 1. The summed E-state index contributed by atoms with van der Waals surface area (Å²) in [7, 11) is 0. The summed E-state index contributed by atoms with van der Waals surface area (Å²) in [5.41, 5.74) is 1.80. The molecule has 3 rings (SSSR count). The van der Waals surface area contributed by atoms with Crippen molar-refractivity contribution in [3.8, 4) is 0 Å². The van der Waals surface area contributed by atoms with Crippen LogP contribution >= 0.6 is 11.6 Å². The normalized spacial score (nSPS) is 20.9. The number of hydrogen-bond donors (Lipinski definition) is 1. The predicted molar refractivity (Wildman–Crippen MR) is 75.2 cm³/mol. The topological polar surface area (TPSA) is 42.0 Å². The highest BCUT2D eigenvalue weighted by molar-refractivity contribution is 6.32. The number of halogens is 1. The third-order valence-corrected chi connectivity index (χ3v) is 3.67. The Labute approximate surface area is 116 Å². The zero-order valence-corrected chi connectivity index (χ0v) is 11.0. The van der Waals surface area contributed by atoms with Gasteiger partial charge < -0.3 is 5.32 Å². The minimum Gasteiger partial charge on any atom is -0.323 e. The molecule has 1 heterocycles. The molecule has 1 aliphatic rings. The van der Waals surface area contributed by atoms with E-state index >= 15 is 0 Å². The average molecular weight is 273 g/mol. The monoisotopic (exact) mass is 272 g/mol. The molecule has 1 aromatic heterocycles. The first-order chi connectivity index (χ1) is 9.25. The number of benzene rings is 1. The van der Waals surface area contributed by atoms with E-state index in [-0.39, 0.29) is 11.8 Å². The summed E-state index contributed by atoms with van der Waals surface area (Å²) < 4.78 is 0. The lowest BCUT2D eigenvalue weighted by molar-refractivity contribution is -0.117. The van der Waals surface area contributed by atoms with E-state index < -0.39 is 0 Å². The Balaban J connectivity index is 1.66. The summed E-state index contributed by atoms with van der Waals surface area (Å²) in [6.45, 7) is 0. The van der Waals surface area contributed by atoms with Gasteiger partial charge in [0.25, 0.3) is 0 Å². The molecule has 1 fully saturated rings. The molecule has 19 heavy (non-hydrogen) atoms. The molecule has 1 saturated carbocycles. The second-order valence-electron chi connectivity index (χ2n) is 4.69. The first-order valence-corrected chi connectivity index (χ1v) is 6.60. The van der Waals surface area contributed by atoms with E-state index in [2.05, 4.69) is 22.4 Å². The van der Waals surface area contributed by atoms with Crippen LogP contribution in [-0.4, -0.2) is 10.9 Å². The Morgan fingerprint density at radius 2 is 2.00 bits per heavy atom. The zero-order chi connectivity index (χ0) is 13.2. The van der Waals surface area contributed by atoms with Crippen molar-refractivity contribution in [2.24, 2.45) is 5.92 Å². The highest BCUT2D eigenvalue weighted by Crippen LogP contribution is 2.47. The molecule has 96 valence electrons. The number of carbonyl (C=O) groups excluding carboxylic acids is 1. The smallest absolute Gasteiger partial charge is 0.228 e. The van der Waals surface area contributed by atoms with E-state index in [0.29, 0.717) is 16.8 Å². The molecule has 2 unspecified atom stereocenters. The van der Waals surface area contributed by atoms with Crippen LogP contribution in [0.3, 0.4) is 0 Å². The van der Waals surface area contributed by atoms with E-state index in [0.717, 1.165) is 6.42 Å². The summed E-state index contributed by atoms with van der Waals surface area (Å²) in [5.74, 6) is 0.388. The number of nitrogens with zero attached hydrogens (tertiary/aromatic N) is 1. The average Bonchev–Trinajstić information content (AvgIpc) is 3.23. The Morgan fingerprint density at radius 1 is 1.21 bits per heavy atom. The first-order valence-electron chi connectivity index (χ1n) is 6.22. The molecule has 4 heteroatoms. The summed E-state index contributed by atoms with van der Waals surface area (Å²) in [6, 6.07) is 13.6. The molecule has 1 aliphatic carbocycles. The van der Waals surface area contributed by atoms with Gasteiger partial charge in [0.15, 0.2) is 5.15 Å². The van der Waals surface area contributed by atoms with Crippen LogP contribution in [0.5, 0.6) is 0 Å². The Hall–Kier alpha value is -1.87. The van der Waals surface area contributed by atoms with Gasteiger partial charge in [0.05, 0.1) is 5.69 Å². The fourth-order valence-electron chi connectivity index (χ4n) is 2.26. The van der Waals surface area contributed by atoms with E-state index in [1.54, 1.807) is 18.3 Å². The minimum atomic E-state index is 0.0174. The molecule has 0 bridgehead atoms. The highest BCUT2D eigenvalue weighted by atomic mass is 35.5. The van der Waals surface area contributed by atoms with Crippen LogP contribution in [0, 0.1) is 5.92 Å². The van der Waals surface area contributed by atoms with Crippen LogP contribution in [0.25, 0.3) is 0 Å². The minimum absolute atomic E-state index is 0.0174. The SMILES string of the molecule is O=C(Nc1cccnc1Cl)C1CC1c1ccccc1. The second-order valence-corrected chi connectivity index (χ2v) is 5.05. The summed E-state index contributed by atoms with van der Waals surface area (Å²) in [5, 5.41) is 3.17. The van der Waals surface area contributed by atoms with Crippen molar-refractivity contribution >= 4 is 23.2 Å². The molecule has 1 aromatic carbocycles. The van der Waals surface area contributed by atoms with Crippen molar-refractivity contribution in [2.75, 3.05) is 5.32 Å². The summed E-state index contributed by atoms with van der Waals surface area (Å²) in [4.78, 5) is 16.1. The fraction of sp³-hybridized carbons (Fsp3) is 0.200. The molecule has 3 nitrogen and oxygen atoms in total. The molecule has 0 spiro atoms. The van der Waals surface area contributed by atoms with Crippen molar-refractivity contribution in [1.29, 1.82) is 0 Å². The second kappa shape index (κ2) is 5.02. The Kier molecular flexibility index (Phi) is 3.22. The lowest BCUT2D eigenvalue weighted by Crippen LogP contribution is -2.15. The van der Waals surface area contributed by atoms with Crippen LogP contribution in [0.15, 0.2) is 48.7 Å². The summed E-state index contributed by atoms with van der Waals surface area (Å²) in [6.07, 6.45) is 2.50. The van der Waals surface area contributed by atoms with E-state index in [1.165, 1.54) is 5.56 Å². The fourth-order valence-corrected chi connectivity index (χ4v) is 2.42. The van der Waals surface area contributed by atoms with E-state index in [1.807, 2.05) is 18.2 Å². The van der Waals surface area contributed by atoms with Crippen LogP contribution in [0.2, 0.25) is 5.15 Å². The van der Waals surface area contributed by atoms with Gasteiger partial charge in [0.2, 0.25) is 5.91 Å². The maximum Gasteiger partial charge on any atom is 0.228 e. The van der Waals surface area contributed by atoms with Crippen molar-refractivity contribution < 1.29 is 4.79 Å². The molecule has 2 atom stereocenters. The van der Waals surface area contributed by atoms with Crippen LogP contribution < -0.4 is 5.32 Å². The quantitative estimate of drug-likeness (QED) is 0.869. The van der Waals surface area contributed by atoms with E-state index in [9.17, 15) is 4.79 Å². The van der Waals surface area contributed by atoms with Crippen molar-refractivity contribution in [2.45, 2.75) is 12.3 Å². The number of rotatable bonds is 3. The van der Waals surface area contributed by atoms with Gasteiger partial charge in [-0.25, -0.2) is 4.98 Å². The number of hydrogen-bond acceptors (Lipinski definition) is 2. The Bertz CT molecular complexity index is 600. The van der Waals surface area contributed by atoms with Gasteiger partial charge in [0, 0.05) is 12.1 Å². The molecule has 1 amide bonds. The lowest BCUT2D eigenvalue weighted by atomic mass is 10.1. The van der Waals surface area contributed by atoms with Gasteiger partial charge in [-0.3, -0.25) is 4.79 Å². The Morgan fingerprint density at radius 3 is 2.74 bits per heavy atom.